The Morgan fingerprint density at radius 1 is 1.10 bits per heavy atom. The summed E-state index contributed by atoms with van der Waals surface area (Å²) >= 11 is 1.86. The molecule has 1 aliphatic carbocycles. The Bertz CT molecular complexity index is 422. The number of nitrogens with zero attached hydrogens (tertiary/aromatic N) is 4. The molecule has 5 nitrogen and oxygen atoms in total. The van der Waals surface area contributed by atoms with Crippen LogP contribution < -0.4 is 0 Å². The maximum Gasteiger partial charge on any atom is 0.232 e. The van der Waals surface area contributed by atoms with E-state index >= 15 is 0 Å². The smallest absolute Gasteiger partial charge is 0.232 e. The molecule has 6 heteroatoms. The molecule has 2 aliphatic rings. The fourth-order valence-electron chi connectivity index (χ4n) is 3.10. The summed E-state index contributed by atoms with van der Waals surface area (Å²) in [6, 6.07) is 0.358. The molecule has 0 N–H and O–H groups in total. The molecule has 2 heterocycles. The molecule has 0 radical (unpaired) electrons. The molecule has 2 fully saturated rings. The molecular formula is C14H22N4OS. The first kappa shape index (κ1) is 13.9. The van der Waals surface area contributed by atoms with Crippen molar-refractivity contribution >= 4 is 17.7 Å². The zero-order chi connectivity index (χ0) is 13.8. The molecule has 110 valence electrons. The van der Waals surface area contributed by atoms with Crippen LogP contribution in [0.4, 0.5) is 0 Å². The molecule has 20 heavy (non-hydrogen) atoms. The predicted octanol–water partition coefficient (Wildman–Crippen LogP) is 2.12. The second kappa shape index (κ2) is 6.61. The van der Waals surface area contributed by atoms with Gasteiger partial charge in [-0.05, 0) is 25.7 Å². The third-order valence-corrected chi connectivity index (χ3v) is 5.68. The normalized spacial score (nSPS) is 21.5. The Labute approximate surface area is 124 Å². The molecule has 1 saturated carbocycles. The first-order chi connectivity index (χ1) is 9.83. The van der Waals surface area contributed by atoms with E-state index in [1.165, 1.54) is 25.7 Å². The van der Waals surface area contributed by atoms with Crippen LogP contribution in [0.5, 0.6) is 0 Å². The molecule has 1 aromatic rings. The number of rotatable bonds is 4. The van der Waals surface area contributed by atoms with E-state index in [2.05, 4.69) is 10.2 Å². The zero-order valence-corrected chi connectivity index (χ0v) is 12.6. The van der Waals surface area contributed by atoms with Gasteiger partial charge in [-0.3, -0.25) is 4.79 Å². The Hall–Kier alpha value is -1.04. The van der Waals surface area contributed by atoms with Gasteiger partial charge in [0, 0.05) is 18.3 Å². The minimum Gasteiger partial charge on any atom is -0.342 e. The van der Waals surface area contributed by atoms with Crippen LogP contribution in [0.1, 0.15) is 44.6 Å². The highest BCUT2D eigenvalue weighted by molar-refractivity contribution is 8.00. The van der Waals surface area contributed by atoms with E-state index in [-0.39, 0.29) is 0 Å². The molecule has 0 aromatic carbocycles. The lowest BCUT2D eigenvalue weighted by Crippen LogP contribution is -2.40. The number of amides is 1. The van der Waals surface area contributed by atoms with E-state index < -0.39 is 0 Å². The highest BCUT2D eigenvalue weighted by Crippen LogP contribution is 2.30. The number of carbonyl (C=O) groups is 1. The van der Waals surface area contributed by atoms with Crippen LogP contribution in [-0.2, 0) is 4.79 Å². The van der Waals surface area contributed by atoms with Gasteiger partial charge < -0.3 is 4.90 Å². The van der Waals surface area contributed by atoms with Crippen molar-refractivity contribution in [2.75, 3.05) is 18.8 Å². The monoisotopic (exact) mass is 294 g/mol. The van der Waals surface area contributed by atoms with Crippen LogP contribution in [0.25, 0.3) is 0 Å². The summed E-state index contributed by atoms with van der Waals surface area (Å²) < 4.78 is 0. The van der Waals surface area contributed by atoms with Crippen molar-refractivity contribution in [3.8, 4) is 0 Å². The number of carbonyl (C=O) groups excluding carboxylic acids is 1. The van der Waals surface area contributed by atoms with Crippen molar-refractivity contribution in [3.05, 3.63) is 12.4 Å². The van der Waals surface area contributed by atoms with Gasteiger partial charge in [0.25, 0.3) is 0 Å². The Kier molecular flexibility index (Phi) is 4.60. The van der Waals surface area contributed by atoms with Crippen molar-refractivity contribution in [2.45, 2.75) is 49.8 Å². The predicted molar refractivity (Wildman–Crippen MR) is 79.6 cm³/mol. The maximum absolute atomic E-state index is 12.2. The van der Waals surface area contributed by atoms with E-state index in [4.69, 9.17) is 0 Å². The van der Waals surface area contributed by atoms with Crippen molar-refractivity contribution < 1.29 is 4.79 Å². The molecule has 1 amide bonds. The molecular weight excluding hydrogens is 272 g/mol. The summed E-state index contributed by atoms with van der Waals surface area (Å²) in [6.07, 6.45) is 10.6. The quantitative estimate of drug-likeness (QED) is 0.853. The van der Waals surface area contributed by atoms with Crippen LogP contribution in [-0.4, -0.2) is 49.9 Å². The molecule has 1 aliphatic heterocycles. The fraction of sp³-hybridized carbons (Fsp3) is 0.786. The van der Waals surface area contributed by atoms with E-state index in [0.717, 1.165) is 31.2 Å². The summed E-state index contributed by atoms with van der Waals surface area (Å²) in [5.41, 5.74) is 0. The SMILES string of the molecule is O=C(CSC1CCCC1)N1CCC(n2nccn2)CC1. The number of hydrogen-bond donors (Lipinski definition) is 0. The minimum atomic E-state index is 0.314. The Morgan fingerprint density at radius 3 is 2.40 bits per heavy atom. The average molecular weight is 294 g/mol. The van der Waals surface area contributed by atoms with Crippen LogP contribution in [0, 0.1) is 0 Å². The van der Waals surface area contributed by atoms with Gasteiger partial charge in [0.05, 0.1) is 24.2 Å². The van der Waals surface area contributed by atoms with Crippen LogP contribution in [0.2, 0.25) is 0 Å². The molecule has 3 rings (SSSR count). The first-order valence-corrected chi connectivity index (χ1v) is 8.63. The summed E-state index contributed by atoms with van der Waals surface area (Å²) in [6.45, 7) is 1.69. The summed E-state index contributed by atoms with van der Waals surface area (Å²) in [4.78, 5) is 16.0. The standard InChI is InChI=1S/C14H22N4OS/c19-14(11-20-13-3-1-2-4-13)17-9-5-12(6-10-17)18-15-7-8-16-18/h7-8,12-13H,1-6,9-11H2. The van der Waals surface area contributed by atoms with Crippen molar-refractivity contribution in [1.82, 2.24) is 19.9 Å². The molecule has 1 saturated heterocycles. The number of hydrogen-bond acceptors (Lipinski definition) is 4. The fourth-order valence-corrected chi connectivity index (χ4v) is 4.32. The van der Waals surface area contributed by atoms with Crippen molar-refractivity contribution in [3.63, 3.8) is 0 Å². The molecule has 0 atom stereocenters. The number of piperidine rings is 1. The van der Waals surface area contributed by atoms with Gasteiger partial charge in [-0.2, -0.15) is 15.0 Å². The van der Waals surface area contributed by atoms with E-state index in [1.54, 1.807) is 17.2 Å². The highest BCUT2D eigenvalue weighted by atomic mass is 32.2. The van der Waals surface area contributed by atoms with Gasteiger partial charge in [-0.25, -0.2) is 0 Å². The highest BCUT2D eigenvalue weighted by Gasteiger charge is 2.25. The van der Waals surface area contributed by atoms with Crippen LogP contribution >= 0.6 is 11.8 Å². The maximum atomic E-state index is 12.2. The topological polar surface area (TPSA) is 51.0 Å². The summed E-state index contributed by atoms with van der Waals surface area (Å²) in [5, 5.41) is 9.12. The molecule has 0 spiro atoms. The molecule has 0 unspecified atom stereocenters. The van der Waals surface area contributed by atoms with Crippen molar-refractivity contribution in [2.24, 2.45) is 0 Å². The van der Waals surface area contributed by atoms with Gasteiger partial charge in [0.2, 0.25) is 5.91 Å². The summed E-state index contributed by atoms with van der Waals surface area (Å²) in [7, 11) is 0. The van der Waals surface area contributed by atoms with Crippen molar-refractivity contribution in [1.29, 1.82) is 0 Å². The largest absolute Gasteiger partial charge is 0.342 e. The number of likely N-dealkylation sites (tertiary alicyclic amines) is 1. The van der Waals surface area contributed by atoms with E-state index in [9.17, 15) is 4.79 Å². The van der Waals surface area contributed by atoms with Crippen LogP contribution in [0.15, 0.2) is 12.4 Å². The lowest BCUT2D eigenvalue weighted by molar-refractivity contribution is -0.129. The lowest BCUT2D eigenvalue weighted by Gasteiger charge is -2.31. The average Bonchev–Trinajstić information content (AvgIpc) is 3.18. The molecule has 1 aromatic heterocycles. The zero-order valence-electron chi connectivity index (χ0n) is 11.8. The van der Waals surface area contributed by atoms with E-state index in [1.807, 2.05) is 16.7 Å². The van der Waals surface area contributed by atoms with Gasteiger partial charge in [0.15, 0.2) is 0 Å². The van der Waals surface area contributed by atoms with Gasteiger partial charge >= 0.3 is 0 Å². The van der Waals surface area contributed by atoms with Gasteiger partial charge in [0.1, 0.15) is 0 Å². The number of thioether (sulfide) groups is 1. The second-order valence-corrected chi connectivity index (χ2v) is 6.97. The number of aromatic nitrogens is 3. The molecule has 0 bridgehead atoms. The second-order valence-electron chi connectivity index (χ2n) is 5.68. The Balaban J connectivity index is 1.42. The third kappa shape index (κ3) is 3.34. The van der Waals surface area contributed by atoms with Crippen LogP contribution in [0.3, 0.4) is 0 Å². The summed E-state index contributed by atoms with van der Waals surface area (Å²) in [5.74, 6) is 0.976. The Morgan fingerprint density at radius 2 is 1.75 bits per heavy atom. The first-order valence-electron chi connectivity index (χ1n) is 7.58. The van der Waals surface area contributed by atoms with Gasteiger partial charge in [-0.1, -0.05) is 12.8 Å². The minimum absolute atomic E-state index is 0.314. The van der Waals surface area contributed by atoms with Gasteiger partial charge in [-0.15, -0.1) is 11.8 Å². The third-order valence-electron chi connectivity index (χ3n) is 4.33. The lowest BCUT2D eigenvalue weighted by atomic mass is 10.1. The van der Waals surface area contributed by atoms with E-state index in [0.29, 0.717) is 17.7 Å².